The van der Waals surface area contributed by atoms with Gasteiger partial charge in [0.05, 0.1) is 6.10 Å². The Morgan fingerprint density at radius 3 is 2.45 bits per heavy atom. The van der Waals surface area contributed by atoms with Crippen LogP contribution in [0.5, 0.6) is 11.5 Å². The van der Waals surface area contributed by atoms with Crippen LogP contribution in [0.15, 0.2) is 42.5 Å². The van der Waals surface area contributed by atoms with Crippen molar-refractivity contribution >= 4 is 0 Å². The molecule has 1 N–H and O–H groups in total. The van der Waals surface area contributed by atoms with Gasteiger partial charge in [0.2, 0.25) is 0 Å². The number of fused-ring (bicyclic) bond motifs is 1. The molecule has 2 aromatic rings. The van der Waals surface area contributed by atoms with Gasteiger partial charge in [-0.3, -0.25) is 0 Å². The van der Waals surface area contributed by atoms with E-state index in [0.29, 0.717) is 19.6 Å². The largest absolute Gasteiger partial charge is 0.486 e. The summed E-state index contributed by atoms with van der Waals surface area (Å²) < 4.78 is 11.0. The molecule has 2 aromatic carbocycles. The molecule has 0 spiro atoms. The van der Waals surface area contributed by atoms with E-state index in [4.69, 9.17) is 9.47 Å². The number of rotatable bonds is 3. The van der Waals surface area contributed by atoms with E-state index in [-0.39, 0.29) is 0 Å². The standard InChI is InChI=1S/C17H18O3/c1-12-2-4-13(5-3-12)10-15(18)14-6-7-16-17(11-14)20-9-8-19-16/h2-7,11,15,18H,8-10H2,1H3. The fourth-order valence-electron chi connectivity index (χ4n) is 2.33. The third-order valence-corrected chi connectivity index (χ3v) is 3.50. The van der Waals surface area contributed by atoms with Crippen molar-refractivity contribution in [1.82, 2.24) is 0 Å². The minimum absolute atomic E-state index is 0.534. The molecule has 104 valence electrons. The van der Waals surface area contributed by atoms with Crippen molar-refractivity contribution in [3.05, 3.63) is 59.2 Å². The van der Waals surface area contributed by atoms with Crippen molar-refractivity contribution < 1.29 is 14.6 Å². The average Bonchev–Trinajstić information content (AvgIpc) is 2.49. The van der Waals surface area contributed by atoms with Crippen molar-refractivity contribution in [3.8, 4) is 11.5 Å². The van der Waals surface area contributed by atoms with E-state index in [0.717, 1.165) is 22.6 Å². The summed E-state index contributed by atoms with van der Waals surface area (Å²) in [7, 11) is 0. The molecule has 1 heterocycles. The number of ether oxygens (including phenoxy) is 2. The zero-order valence-corrected chi connectivity index (χ0v) is 11.5. The first kappa shape index (κ1) is 13.0. The zero-order valence-electron chi connectivity index (χ0n) is 11.5. The Kier molecular flexibility index (Phi) is 3.61. The van der Waals surface area contributed by atoms with Gasteiger partial charge in [-0.25, -0.2) is 0 Å². The first-order chi connectivity index (χ1) is 9.72. The summed E-state index contributed by atoms with van der Waals surface area (Å²) in [5.74, 6) is 1.47. The Hall–Kier alpha value is -2.00. The van der Waals surface area contributed by atoms with Gasteiger partial charge >= 0.3 is 0 Å². The Balaban J connectivity index is 1.76. The number of aliphatic hydroxyl groups is 1. The summed E-state index contributed by atoms with van der Waals surface area (Å²) in [5, 5.41) is 10.3. The van der Waals surface area contributed by atoms with Gasteiger partial charge in [-0.1, -0.05) is 35.9 Å². The van der Waals surface area contributed by atoms with E-state index in [1.54, 1.807) is 0 Å². The van der Waals surface area contributed by atoms with Crippen molar-refractivity contribution in [2.24, 2.45) is 0 Å². The van der Waals surface area contributed by atoms with Crippen molar-refractivity contribution in [3.63, 3.8) is 0 Å². The van der Waals surface area contributed by atoms with Gasteiger partial charge in [0.25, 0.3) is 0 Å². The normalized spacial score (nSPS) is 14.9. The Labute approximate surface area is 118 Å². The van der Waals surface area contributed by atoms with Gasteiger partial charge in [-0.15, -0.1) is 0 Å². The SMILES string of the molecule is Cc1ccc(CC(O)c2ccc3c(c2)OCCO3)cc1. The maximum Gasteiger partial charge on any atom is 0.161 e. The maximum absolute atomic E-state index is 10.3. The molecule has 1 aliphatic rings. The van der Waals surface area contributed by atoms with Crippen LogP contribution in [0.1, 0.15) is 22.8 Å². The highest BCUT2D eigenvalue weighted by atomic mass is 16.6. The molecule has 0 radical (unpaired) electrons. The highest BCUT2D eigenvalue weighted by Crippen LogP contribution is 2.33. The molecule has 0 bridgehead atoms. The molecule has 0 saturated heterocycles. The van der Waals surface area contributed by atoms with Gasteiger partial charge in [-0.05, 0) is 30.2 Å². The Bertz CT molecular complexity index is 590. The second-order valence-electron chi connectivity index (χ2n) is 5.11. The lowest BCUT2D eigenvalue weighted by molar-refractivity contribution is 0.164. The van der Waals surface area contributed by atoms with E-state index in [9.17, 15) is 5.11 Å². The summed E-state index contributed by atoms with van der Waals surface area (Å²) in [5.41, 5.74) is 3.20. The van der Waals surface area contributed by atoms with Gasteiger partial charge in [-0.2, -0.15) is 0 Å². The van der Waals surface area contributed by atoms with Crippen LogP contribution < -0.4 is 9.47 Å². The van der Waals surface area contributed by atoms with E-state index in [1.165, 1.54) is 5.56 Å². The Morgan fingerprint density at radius 1 is 1.00 bits per heavy atom. The molecule has 0 saturated carbocycles. The van der Waals surface area contributed by atoms with Crippen LogP contribution in [0, 0.1) is 6.92 Å². The van der Waals surface area contributed by atoms with Crippen LogP contribution in [0.4, 0.5) is 0 Å². The lowest BCUT2D eigenvalue weighted by Crippen LogP contribution is -2.15. The highest BCUT2D eigenvalue weighted by Gasteiger charge is 2.15. The first-order valence-corrected chi connectivity index (χ1v) is 6.85. The smallest absolute Gasteiger partial charge is 0.161 e. The second-order valence-corrected chi connectivity index (χ2v) is 5.11. The predicted molar refractivity (Wildman–Crippen MR) is 77.3 cm³/mol. The fourth-order valence-corrected chi connectivity index (χ4v) is 2.33. The van der Waals surface area contributed by atoms with Crippen LogP contribution in [0.25, 0.3) is 0 Å². The summed E-state index contributed by atoms with van der Waals surface area (Å²) >= 11 is 0. The molecule has 1 atom stereocenters. The molecular weight excluding hydrogens is 252 g/mol. The molecule has 0 fully saturated rings. The molecule has 20 heavy (non-hydrogen) atoms. The zero-order chi connectivity index (χ0) is 13.9. The molecule has 3 nitrogen and oxygen atoms in total. The van der Waals surface area contributed by atoms with Gasteiger partial charge in [0.15, 0.2) is 11.5 Å². The fraction of sp³-hybridized carbons (Fsp3) is 0.294. The van der Waals surface area contributed by atoms with Crippen LogP contribution in [-0.4, -0.2) is 18.3 Å². The Morgan fingerprint density at radius 2 is 1.70 bits per heavy atom. The summed E-state index contributed by atoms with van der Waals surface area (Å²) in [6.07, 6.45) is 0.0634. The molecule has 3 heteroatoms. The molecular formula is C17H18O3. The van der Waals surface area contributed by atoms with Crippen molar-refractivity contribution in [2.75, 3.05) is 13.2 Å². The van der Waals surface area contributed by atoms with E-state index in [1.807, 2.05) is 18.2 Å². The highest BCUT2D eigenvalue weighted by molar-refractivity contribution is 5.44. The number of aliphatic hydroxyl groups excluding tert-OH is 1. The van der Waals surface area contributed by atoms with Gasteiger partial charge < -0.3 is 14.6 Å². The van der Waals surface area contributed by atoms with Gasteiger partial charge in [0, 0.05) is 6.42 Å². The van der Waals surface area contributed by atoms with Gasteiger partial charge in [0.1, 0.15) is 13.2 Å². The van der Waals surface area contributed by atoms with Crippen molar-refractivity contribution in [2.45, 2.75) is 19.4 Å². The maximum atomic E-state index is 10.3. The number of hydrogen-bond acceptors (Lipinski definition) is 3. The molecule has 0 amide bonds. The van der Waals surface area contributed by atoms with E-state index >= 15 is 0 Å². The molecule has 1 aliphatic heterocycles. The van der Waals surface area contributed by atoms with Crippen LogP contribution in [0.3, 0.4) is 0 Å². The average molecular weight is 270 g/mol. The van der Waals surface area contributed by atoms with Crippen LogP contribution in [0.2, 0.25) is 0 Å². The number of benzene rings is 2. The minimum atomic E-state index is -0.534. The monoisotopic (exact) mass is 270 g/mol. The van der Waals surface area contributed by atoms with E-state index in [2.05, 4.69) is 31.2 Å². The lowest BCUT2D eigenvalue weighted by Gasteiger charge is -2.20. The van der Waals surface area contributed by atoms with Crippen molar-refractivity contribution in [1.29, 1.82) is 0 Å². The second kappa shape index (κ2) is 5.55. The van der Waals surface area contributed by atoms with E-state index < -0.39 is 6.10 Å². The van der Waals surface area contributed by atoms with Crippen LogP contribution in [-0.2, 0) is 6.42 Å². The molecule has 0 aliphatic carbocycles. The topological polar surface area (TPSA) is 38.7 Å². The minimum Gasteiger partial charge on any atom is -0.486 e. The summed E-state index contributed by atoms with van der Waals surface area (Å²) in [6, 6.07) is 13.9. The third-order valence-electron chi connectivity index (χ3n) is 3.50. The quantitative estimate of drug-likeness (QED) is 0.931. The molecule has 0 aromatic heterocycles. The summed E-state index contributed by atoms with van der Waals surface area (Å²) in [4.78, 5) is 0. The number of aryl methyl sites for hydroxylation is 1. The molecule has 3 rings (SSSR count). The number of hydrogen-bond donors (Lipinski definition) is 1. The lowest BCUT2D eigenvalue weighted by atomic mass is 10.0. The van der Waals surface area contributed by atoms with Crippen LogP contribution >= 0.6 is 0 Å². The summed E-state index contributed by atoms with van der Waals surface area (Å²) in [6.45, 7) is 3.20. The third kappa shape index (κ3) is 2.78. The molecule has 1 unspecified atom stereocenters. The predicted octanol–water partition coefficient (Wildman–Crippen LogP) is 3.04. The first-order valence-electron chi connectivity index (χ1n) is 6.85.